The predicted molar refractivity (Wildman–Crippen MR) is 95.7 cm³/mol. The first-order valence-corrected chi connectivity index (χ1v) is 8.02. The number of anilines is 1. The number of aromatic nitrogens is 1. The average molecular weight is 351 g/mol. The van der Waals surface area contributed by atoms with E-state index in [4.69, 9.17) is 13.6 Å². The Labute approximate surface area is 149 Å². The molecule has 132 valence electrons. The normalized spacial score (nSPS) is 19.1. The standard InChI is InChI=1S/C19H17N3O4/c1-19(6-5-12-4-3-7-25-12)21-15-9-16(24-2)14(17-10-20-11-26-17)8-13(15)18(23)22-19/h3-11,21H,1-2H3,(H,22,23). The maximum absolute atomic E-state index is 12.7. The van der Waals surface area contributed by atoms with Gasteiger partial charge >= 0.3 is 0 Å². The molecule has 4 rings (SSSR count). The van der Waals surface area contributed by atoms with Gasteiger partial charge in [0.1, 0.15) is 17.2 Å². The molecule has 1 atom stereocenters. The lowest BCUT2D eigenvalue weighted by atomic mass is 9.99. The van der Waals surface area contributed by atoms with E-state index in [1.54, 1.807) is 43.8 Å². The third-order valence-electron chi connectivity index (χ3n) is 4.17. The number of nitrogens with zero attached hydrogens (tertiary/aromatic N) is 1. The van der Waals surface area contributed by atoms with Gasteiger partial charge in [0, 0.05) is 6.07 Å². The summed E-state index contributed by atoms with van der Waals surface area (Å²) in [5.41, 5.74) is 1.06. The van der Waals surface area contributed by atoms with Gasteiger partial charge in [-0.05, 0) is 37.3 Å². The number of carbonyl (C=O) groups excluding carboxylic acids is 1. The monoisotopic (exact) mass is 351 g/mol. The number of benzene rings is 1. The van der Waals surface area contributed by atoms with Crippen LogP contribution in [0, 0.1) is 0 Å². The Kier molecular flexibility index (Phi) is 3.76. The number of hydrogen-bond acceptors (Lipinski definition) is 6. The Bertz CT molecular complexity index is 961. The van der Waals surface area contributed by atoms with Crippen molar-refractivity contribution in [3.8, 4) is 17.1 Å². The van der Waals surface area contributed by atoms with Gasteiger partial charge in [0.2, 0.25) is 0 Å². The maximum Gasteiger partial charge on any atom is 0.255 e. The highest BCUT2D eigenvalue weighted by molar-refractivity contribution is 6.04. The molecule has 1 unspecified atom stereocenters. The second-order valence-electron chi connectivity index (χ2n) is 6.09. The van der Waals surface area contributed by atoms with Crippen molar-refractivity contribution in [2.75, 3.05) is 12.4 Å². The van der Waals surface area contributed by atoms with Crippen LogP contribution in [0.4, 0.5) is 5.69 Å². The van der Waals surface area contributed by atoms with Crippen molar-refractivity contribution >= 4 is 17.7 Å². The van der Waals surface area contributed by atoms with Gasteiger partial charge in [-0.15, -0.1) is 0 Å². The van der Waals surface area contributed by atoms with Gasteiger partial charge in [0.15, 0.2) is 12.2 Å². The number of nitrogens with one attached hydrogen (secondary N) is 2. The fourth-order valence-electron chi connectivity index (χ4n) is 2.91. The summed E-state index contributed by atoms with van der Waals surface area (Å²) >= 11 is 0. The van der Waals surface area contributed by atoms with Crippen LogP contribution in [0.25, 0.3) is 17.4 Å². The molecule has 3 heterocycles. The summed E-state index contributed by atoms with van der Waals surface area (Å²) in [4.78, 5) is 16.6. The third kappa shape index (κ3) is 2.83. The summed E-state index contributed by atoms with van der Waals surface area (Å²) in [6, 6.07) is 7.16. The Morgan fingerprint density at radius 3 is 2.81 bits per heavy atom. The molecule has 1 aliphatic rings. The summed E-state index contributed by atoms with van der Waals surface area (Å²) in [5.74, 6) is 1.61. The van der Waals surface area contributed by atoms with Gasteiger partial charge in [-0.25, -0.2) is 4.98 Å². The predicted octanol–water partition coefficient (Wildman–Crippen LogP) is 3.53. The number of hydrogen-bond donors (Lipinski definition) is 2. The average Bonchev–Trinajstić information content (AvgIpc) is 3.32. The van der Waals surface area contributed by atoms with Crippen LogP contribution in [-0.2, 0) is 0 Å². The van der Waals surface area contributed by atoms with Gasteiger partial charge in [-0.1, -0.05) is 0 Å². The second kappa shape index (κ2) is 6.11. The number of furan rings is 1. The summed E-state index contributed by atoms with van der Waals surface area (Å²) in [6.45, 7) is 1.87. The number of amides is 1. The van der Waals surface area contributed by atoms with Crippen LogP contribution in [0.5, 0.6) is 5.75 Å². The van der Waals surface area contributed by atoms with Crippen LogP contribution in [-0.4, -0.2) is 23.7 Å². The first-order valence-electron chi connectivity index (χ1n) is 8.02. The smallest absolute Gasteiger partial charge is 0.255 e. The van der Waals surface area contributed by atoms with Crippen molar-refractivity contribution in [2.24, 2.45) is 0 Å². The van der Waals surface area contributed by atoms with E-state index >= 15 is 0 Å². The second-order valence-corrected chi connectivity index (χ2v) is 6.09. The summed E-state index contributed by atoms with van der Waals surface area (Å²) in [5, 5.41) is 6.28. The molecule has 0 bridgehead atoms. The van der Waals surface area contributed by atoms with Gasteiger partial charge in [0.25, 0.3) is 5.91 Å². The Morgan fingerprint density at radius 1 is 1.23 bits per heavy atom. The number of oxazole rings is 1. The first-order chi connectivity index (χ1) is 12.6. The van der Waals surface area contributed by atoms with E-state index in [9.17, 15) is 4.79 Å². The SMILES string of the molecule is COc1cc2c(cc1-c1cnco1)C(=O)NC(C)(C=Cc1ccco1)N2. The number of carbonyl (C=O) groups is 1. The molecule has 0 fully saturated rings. The van der Waals surface area contributed by atoms with E-state index in [0.717, 1.165) is 0 Å². The lowest BCUT2D eigenvalue weighted by Gasteiger charge is -2.35. The van der Waals surface area contributed by atoms with Crippen molar-refractivity contribution in [1.82, 2.24) is 10.3 Å². The van der Waals surface area contributed by atoms with Crippen LogP contribution in [0.1, 0.15) is 23.0 Å². The number of fused-ring (bicyclic) bond motifs is 1. The summed E-state index contributed by atoms with van der Waals surface area (Å²) in [6.07, 6.45) is 8.15. The van der Waals surface area contributed by atoms with Crippen molar-refractivity contribution in [3.63, 3.8) is 0 Å². The van der Waals surface area contributed by atoms with E-state index in [0.29, 0.717) is 34.1 Å². The molecular formula is C19H17N3O4. The number of methoxy groups -OCH3 is 1. The van der Waals surface area contributed by atoms with Gasteiger partial charge in [-0.3, -0.25) is 4.79 Å². The van der Waals surface area contributed by atoms with Crippen LogP contribution >= 0.6 is 0 Å². The molecular weight excluding hydrogens is 334 g/mol. The fourth-order valence-corrected chi connectivity index (χ4v) is 2.91. The van der Waals surface area contributed by atoms with E-state index in [1.165, 1.54) is 6.39 Å². The highest BCUT2D eigenvalue weighted by Crippen LogP contribution is 2.37. The zero-order chi connectivity index (χ0) is 18.1. The van der Waals surface area contributed by atoms with E-state index in [1.807, 2.05) is 19.1 Å². The molecule has 0 radical (unpaired) electrons. The summed E-state index contributed by atoms with van der Waals surface area (Å²) < 4.78 is 16.1. The minimum absolute atomic E-state index is 0.200. The highest BCUT2D eigenvalue weighted by Gasteiger charge is 2.32. The number of rotatable bonds is 4. The van der Waals surface area contributed by atoms with E-state index < -0.39 is 5.66 Å². The molecule has 2 N–H and O–H groups in total. The first kappa shape index (κ1) is 16.0. The molecule has 1 amide bonds. The van der Waals surface area contributed by atoms with E-state index in [2.05, 4.69) is 15.6 Å². The quantitative estimate of drug-likeness (QED) is 0.747. The summed E-state index contributed by atoms with van der Waals surface area (Å²) in [7, 11) is 1.57. The zero-order valence-corrected chi connectivity index (χ0v) is 14.3. The zero-order valence-electron chi connectivity index (χ0n) is 14.3. The largest absolute Gasteiger partial charge is 0.496 e. The van der Waals surface area contributed by atoms with Crippen molar-refractivity contribution in [1.29, 1.82) is 0 Å². The minimum atomic E-state index is -0.768. The Hall–Kier alpha value is -3.48. The Balaban J connectivity index is 1.71. The van der Waals surface area contributed by atoms with Crippen molar-refractivity contribution in [3.05, 3.63) is 60.5 Å². The molecule has 0 saturated heterocycles. The Morgan fingerprint density at radius 2 is 2.12 bits per heavy atom. The topological polar surface area (TPSA) is 89.5 Å². The molecule has 26 heavy (non-hydrogen) atoms. The molecule has 7 nitrogen and oxygen atoms in total. The van der Waals surface area contributed by atoms with Crippen LogP contribution in [0.2, 0.25) is 0 Å². The molecule has 2 aromatic heterocycles. The molecule has 1 aliphatic heterocycles. The highest BCUT2D eigenvalue weighted by atomic mass is 16.5. The van der Waals surface area contributed by atoms with Crippen molar-refractivity contribution < 1.29 is 18.4 Å². The third-order valence-corrected chi connectivity index (χ3v) is 4.17. The van der Waals surface area contributed by atoms with Crippen LogP contribution in [0.3, 0.4) is 0 Å². The van der Waals surface area contributed by atoms with Gasteiger partial charge in [0.05, 0.1) is 36.4 Å². The lowest BCUT2D eigenvalue weighted by molar-refractivity contribution is 0.0922. The molecule has 0 aliphatic carbocycles. The fraction of sp³-hybridized carbons (Fsp3) is 0.158. The van der Waals surface area contributed by atoms with Crippen molar-refractivity contribution in [2.45, 2.75) is 12.6 Å². The van der Waals surface area contributed by atoms with E-state index in [-0.39, 0.29) is 5.91 Å². The molecule has 0 spiro atoms. The maximum atomic E-state index is 12.7. The molecule has 1 aromatic carbocycles. The van der Waals surface area contributed by atoms with Gasteiger partial charge in [-0.2, -0.15) is 0 Å². The minimum Gasteiger partial charge on any atom is -0.496 e. The number of ether oxygens (including phenoxy) is 1. The lowest BCUT2D eigenvalue weighted by Crippen LogP contribution is -2.54. The van der Waals surface area contributed by atoms with Gasteiger partial charge < -0.3 is 24.2 Å². The van der Waals surface area contributed by atoms with Crippen LogP contribution in [0.15, 0.2) is 58.0 Å². The molecule has 7 heteroatoms. The van der Waals surface area contributed by atoms with Crippen LogP contribution < -0.4 is 15.4 Å². The molecule has 0 saturated carbocycles. The molecule has 3 aromatic rings.